The fourth-order valence-corrected chi connectivity index (χ4v) is 3.92. The molecule has 1 N–H and O–H groups in total. The van der Waals surface area contributed by atoms with Crippen LogP contribution in [0.15, 0.2) is 18.2 Å². The van der Waals surface area contributed by atoms with Gasteiger partial charge in [-0.25, -0.2) is 14.0 Å². The van der Waals surface area contributed by atoms with Crippen LogP contribution in [0.2, 0.25) is 0 Å². The zero-order chi connectivity index (χ0) is 19.7. The summed E-state index contributed by atoms with van der Waals surface area (Å²) in [5, 5.41) is 3.00. The number of hydrogen-bond donors (Lipinski definition) is 1. The van der Waals surface area contributed by atoms with Crippen LogP contribution in [0.5, 0.6) is 0 Å². The van der Waals surface area contributed by atoms with Gasteiger partial charge < -0.3 is 14.8 Å². The molecule has 1 aliphatic heterocycles. The molecule has 1 amide bonds. The van der Waals surface area contributed by atoms with Crippen molar-refractivity contribution in [3.05, 3.63) is 51.1 Å². The molecule has 3 rings (SSSR count). The van der Waals surface area contributed by atoms with Crippen LogP contribution in [0.4, 0.5) is 9.39 Å². The molecule has 0 saturated carbocycles. The molecule has 1 atom stereocenters. The molecule has 1 unspecified atom stereocenters. The first-order chi connectivity index (χ1) is 12.8. The summed E-state index contributed by atoms with van der Waals surface area (Å²) in [6.07, 6.45) is -1.05. The summed E-state index contributed by atoms with van der Waals surface area (Å²) in [6, 6.07) is 3.73. The number of cyclic esters (lactones) is 1. The van der Waals surface area contributed by atoms with Crippen LogP contribution in [0.25, 0.3) is 0 Å². The minimum Gasteiger partial charge on any atom is -0.462 e. The Morgan fingerprint density at radius 2 is 2.11 bits per heavy atom. The van der Waals surface area contributed by atoms with Crippen LogP contribution in [-0.4, -0.2) is 30.6 Å². The Labute approximate surface area is 159 Å². The monoisotopic (exact) mass is 391 g/mol. The molecule has 1 aromatic heterocycles. The molecule has 0 bridgehead atoms. The van der Waals surface area contributed by atoms with Crippen molar-refractivity contribution in [1.82, 2.24) is 0 Å². The van der Waals surface area contributed by atoms with Crippen LogP contribution >= 0.6 is 11.3 Å². The van der Waals surface area contributed by atoms with Crippen LogP contribution in [0.1, 0.15) is 43.6 Å². The van der Waals surface area contributed by atoms with Crippen molar-refractivity contribution < 1.29 is 28.2 Å². The number of thiophene rings is 1. The van der Waals surface area contributed by atoms with Gasteiger partial charge in [0.25, 0.3) is 5.91 Å². The van der Waals surface area contributed by atoms with Crippen molar-refractivity contribution in [3.8, 4) is 0 Å². The van der Waals surface area contributed by atoms with Crippen molar-refractivity contribution in [2.45, 2.75) is 33.3 Å². The lowest BCUT2D eigenvalue weighted by molar-refractivity contribution is -0.125. The van der Waals surface area contributed by atoms with Crippen molar-refractivity contribution in [3.63, 3.8) is 0 Å². The highest BCUT2D eigenvalue weighted by atomic mass is 32.1. The largest absolute Gasteiger partial charge is 0.462 e. The predicted octanol–water partition coefficient (Wildman–Crippen LogP) is 3.40. The second-order valence-corrected chi connectivity index (χ2v) is 7.32. The van der Waals surface area contributed by atoms with Crippen molar-refractivity contribution >= 4 is 34.2 Å². The number of carbonyl (C=O) groups excluding carboxylic acids is 3. The Kier molecular flexibility index (Phi) is 5.27. The number of aryl methyl sites for hydroxylation is 1. The minimum absolute atomic E-state index is 0.0583. The smallest absolute Gasteiger partial charge is 0.341 e. The van der Waals surface area contributed by atoms with Gasteiger partial charge in [0, 0.05) is 11.3 Å². The molecule has 0 radical (unpaired) electrons. The van der Waals surface area contributed by atoms with Gasteiger partial charge in [-0.05, 0) is 50.1 Å². The summed E-state index contributed by atoms with van der Waals surface area (Å²) in [5.41, 5.74) is 1.68. The number of hydrogen-bond acceptors (Lipinski definition) is 6. The van der Waals surface area contributed by atoms with Gasteiger partial charge in [0.1, 0.15) is 10.8 Å². The van der Waals surface area contributed by atoms with Gasteiger partial charge in [-0.2, -0.15) is 0 Å². The zero-order valence-corrected chi connectivity index (χ0v) is 15.9. The van der Waals surface area contributed by atoms with Gasteiger partial charge in [-0.1, -0.05) is 0 Å². The van der Waals surface area contributed by atoms with E-state index in [1.54, 1.807) is 13.8 Å². The van der Waals surface area contributed by atoms with E-state index in [0.29, 0.717) is 16.1 Å². The summed E-state index contributed by atoms with van der Waals surface area (Å²) in [7, 11) is 0. The first kappa shape index (κ1) is 19.0. The summed E-state index contributed by atoms with van der Waals surface area (Å²) in [5.74, 6) is -2.27. The molecule has 0 aliphatic carbocycles. The molecule has 0 spiro atoms. The lowest BCUT2D eigenvalue weighted by Gasteiger charge is -2.23. The Bertz CT molecular complexity index is 936. The number of carbonyl (C=O) groups is 3. The van der Waals surface area contributed by atoms with Gasteiger partial charge >= 0.3 is 11.9 Å². The van der Waals surface area contributed by atoms with Crippen LogP contribution < -0.4 is 5.32 Å². The number of ether oxygens (including phenoxy) is 2. The van der Waals surface area contributed by atoms with Crippen molar-refractivity contribution in [1.29, 1.82) is 0 Å². The number of halogens is 1. The molecule has 1 aromatic carbocycles. The van der Waals surface area contributed by atoms with E-state index in [2.05, 4.69) is 5.32 Å². The SMILES string of the molecule is CCOC(=O)c1c(NC(=O)C2Cc3cc(F)ccc3C(=O)O2)sc(C)c1C. The number of benzene rings is 1. The van der Waals surface area contributed by atoms with E-state index in [9.17, 15) is 18.8 Å². The topological polar surface area (TPSA) is 81.7 Å². The number of nitrogens with one attached hydrogen (secondary N) is 1. The number of amides is 1. The lowest BCUT2D eigenvalue weighted by atomic mass is 9.98. The number of fused-ring (bicyclic) bond motifs is 1. The molecule has 142 valence electrons. The first-order valence-electron chi connectivity index (χ1n) is 8.39. The molecule has 0 saturated heterocycles. The van der Waals surface area contributed by atoms with Gasteiger partial charge in [-0.15, -0.1) is 11.3 Å². The average Bonchev–Trinajstić information content (AvgIpc) is 2.88. The zero-order valence-electron chi connectivity index (χ0n) is 15.1. The third-order valence-corrected chi connectivity index (χ3v) is 5.46. The van der Waals surface area contributed by atoms with Crippen molar-refractivity contribution in [2.24, 2.45) is 0 Å². The Morgan fingerprint density at radius 3 is 2.81 bits per heavy atom. The normalized spacial score (nSPS) is 15.7. The Hall–Kier alpha value is -2.74. The molecule has 6 nitrogen and oxygen atoms in total. The average molecular weight is 391 g/mol. The fourth-order valence-electron chi connectivity index (χ4n) is 2.87. The highest BCUT2D eigenvalue weighted by molar-refractivity contribution is 7.16. The predicted molar refractivity (Wildman–Crippen MR) is 97.7 cm³/mol. The Balaban J connectivity index is 1.83. The maximum atomic E-state index is 13.5. The molecule has 27 heavy (non-hydrogen) atoms. The highest BCUT2D eigenvalue weighted by Crippen LogP contribution is 2.33. The molecule has 1 aliphatic rings. The number of anilines is 1. The van der Waals surface area contributed by atoms with E-state index in [-0.39, 0.29) is 18.6 Å². The maximum absolute atomic E-state index is 13.5. The summed E-state index contributed by atoms with van der Waals surface area (Å²) in [6.45, 7) is 5.51. The summed E-state index contributed by atoms with van der Waals surface area (Å²) < 4.78 is 23.7. The van der Waals surface area contributed by atoms with Gasteiger partial charge in [0.05, 0.1) is 17.7 Å². The third kappa shape index (κ3) is 3.71. The first-order valence-corrected chi connectivity index (χ1v) is 9.20. The van der Waals surface area contributed by atoms with Crippen LogP contribution in [0.3, 0.4) is 0 Å². The van der Waals surface area contributed by atoms with E-state index in [1.807, 2.05) is 6.92 Å². The van der Waals surface area contributed by atoms with Gasteiger partial charge in [0.15, 0.2) is 6.10 Å². The summed E-state index contributed by atoms with van der Waals surface area (Å²) in [4.78, 5) is 37.8. The third-order valence-electron chi connectivity index (χ3n) is 4.34. The highest BCUT2D eigenvalue weighted by Gasteiger charge is 2.33. The molecular weight excluding hydrogens is 373 g/mol. The van der Waals surface area contributed by atoms with Crippen LogP contribution in [-0.2, 0) is 20.7 Å². The maximum Gasteiger partial charge on any atom is 0.341 e. The standard InChI is InChI=1S/C19H18FNO5S/c1-4-25-19(24)15-9(2)10(3)27-17(15)21-16(22)14-8-11-7-12(20)5-6-13(11)18(23)26-14/h5-7,14H,4,8H2,1-3H3,(H,21,22). The molecular formula is C19H18FNO5S. The van der Waals surface area contributed by atoms with Gasteiger partial charge in [0.2, 0.25) is 0 Å². The minimum atomic E-state index is -1.11. The van der Waals surface area contributed by atoms with E-state index in [0.717, 1.165) is 10.4 Å². The Morgan fingerprint density at radius 1 is 1.37 bits per heavy atom. The summed E-state index contributed by atoms with van der Waals surface area (Å²) >= 11 is 1.24. The second kappa shape index (κ2) is 7.48. The fraction of sp³-hybridized carbons (Fsp3) is 0.316. The lowest BCUT2D eigenvalue weighted by Crippen LogP contribution is -2.38. The number of esters is 2. The van der Waals surface area contributed by atoms with E-state index < -0.39 is 29.8 Å². The van der Waals surface area contributed by atoms with E-state index in [1.165, 1.54) is 29.5 Å². The van der Waals surface area contributed by atoms with E-state index in [4.69, 9.17) is 9.47 Å². The molecule has 0 fully saturated rings. The molecule has 2 aromatic rings. The van der Waals surface area contributed by atoms with Crippen molar-refractivity contribution in [2.75, 3.05) is 11.9 Å². The molecule has 2 heterocycles. The quantitative estimate of drug-likeness (QED) is 0.808. The second-order valence-electron chi connectivity index (χ2n) is 6.10. The van der Waals surface area contributed by atoms with Crippen LogP contribution in [0, 0.1) is 19.7 Å². The van der Waals surface area contributed by atoms with E-state index >= 15 is 0 Å². The van der Waals surface area contributed by atoms with Gasteiger partial charge in [-0.3, -0.25) is 4.79 Å². The molecule has 8 heteroatoms. The number of rotatable bonds is 4.